The Balaban J connectivity index is 0.00000225. The maximum absolute atomic E-state index is 13.5. The normalized spacial score (nSPS) is 12.0. The first-order chi connectivity index (χ1) is 7.16. The largest absolute Gasteiger partial charge is 0.330 e. The SMILES string of the molecule is Cl.NCCCC[C@H](N)c1c(F)cccc1Br. The van der Waals surface area contributed by atoms with Crippen LogP contribution < -0.4 is 11.5 Å². The molecule has 0 amide bonds. The molecule has 0 unspecified atom stereocenters. The van der Waals surface area contributed by atoms with Gasteiger partial charge in [-0.1, -0.05) is 28.4 Å². The quantitative estimate of drug-likeness (QED) is 0.821. The molecule has 16 heavy (non-hydrogen) atoms. The van der Waals surface area contributed by atoms with Crippen molar-refractivity contribution < 1.29 is 4.39 Å². The van der Waals surface area contributed by atoms with Gasteiger partial charge in [-0.15, -0.1) is 12.4 Å². The van der Waals surface area contributed by atoms with E-state index in [9.17, 15) is 4.39 Å². The van der Waals surface area contributed by atoms with Gasteiger partial charge in [-0.2, -0.15) is 0 Å². The van der Waals surface area contributed by atoms with Crippen molar-refractivity contribution in [1.82, 2.24) is 0 Å². The van der Waals surface area contributed by atoms with Crippen molar-refractivity contribution >= 4 is 28.3 Å². The molecule has 0 saturated heterocycles. The molecule has 1 aromatic rings. The van der Waals surface area contributed by atoms with Gasteiger partial charge in [0.1, 0.15) is 5.82 Å². The van der Waals surface area contributed by atoms with E-state index in [1.807, 2.05) is 0 Å². The van der Waals surface area contributed by atoms with E-state index in [0.29, 0.717) is 12.1 Å². The highest BCUT2D eigenvalue weighted by atomic mass is 79.9. The van der Waals surface area contributed by atoms with E-state index in [-0.39, 0.29) is 24.3 Å². The van der Waals surface area contributed by atoms with Gasteiger partial charge in [0.15, 0.2) is 0 Å². The van der Waals surface area contributed by atoms with Crippen LogP contribution in [0.3, 0.4) is 0 Å². The lowest BCUT2D eigenvalue weighted by Crippen LogP contribution is -2.13. The summed E-state index contributed by atoms with van der Waals surface area (Å²) in [6, 6.07) is 4.65. The lowest BCUT2D eigenvalue weighted by atomic mass is 10.0. The molecule has 92 valence electrons. The third-order valence-electron chi connectivity index (χ3n) is 2.34. The summed E-state index contributed by atoms with van der Waals surface area (Å²) >= 11 is 3.31. The van der Waals surface area contributed by atoms with Gasteiger partial charge in [0.25, 0.3) is 0 Å². The lowest BCUT2D eigenvalue weighted by molar-refractivity contribution is 0.541. The summed E-state index contributed by atoms with van der Waals surface area (Å²) in [5.74, 6) is -0.246. The third-order valence-corrected chi connectivity index (χ3v) is 3.03. The van der Waals surface area contributed by atoms with E-state index in [4.69, 9.17) is 11.5 Å². The molecule has 0 aliphatic carbocycles. The molecule has 0 radical (unpaired) electrons. The number of rotatable bonds is 5. The second-order valence-corrected chi connectivity index (χ2v) is 4.38. The van der Waals surface area contributed by atoms with Crippen molar-refractivity contribution in [2.24, 2.45) is 11.5 Å². The van der Waals surface area contributed by atoms with Gasteiger partial charge in [0.05, 0.1) is 0 Å². The first kappa shape index (κ1) is 15.8. The van der Waals surface area contributed by atoms with E-state index in [1.165, 1.54) is 6.07 Å². The summed E-state index contributed by atoms with van der Waals surface area (Å²) < 4.78 is 14.2. The molecule has 0 heterocycles. The van der Waals surface area contributed by atoms with E-state index < -0.39 is 0 Å². The molecule has 0 spiro atoms. The minimum atomic E-state index is -0.257. The fraction of sp³-hybridized carbons (Fsp3) is 0.455. The van der Waals surface area contributed by atoms with Crippen LogP contribution in [0.5, 0.6) is 0 Å². The van der Waals surface area contributed by atoms with Crippen LogP contribution in [-0.2, 0) is 0 Å². The van der Waals surface area contributed by atoms with Crippen LogP contribution >= 0.6 is 28.3 Å². The van der Waals surface area contributed by atoms with Crippen LogP contribution in [0.15, 0.2) is 22.7 Å². The molecule has 0 aliphatic heterocycles. The number of nitrogens with two attached hydrogens (primary N) is 2. The Morgan fingerprint density at radius 1 is 1.31 bits per heavy atom. The summed E-state index contributed by atoms with van der Waals surface area (Å²) in [6.45, 7) is 0.658. The topological polar surface area (TPSA) is 52.0 Å². The first-order valence-electron chi connectivity index (χ1n) is 5.06. The van der Waals surface area contributed by atoms with Crippen LogP contribution in [0.2, 0.25) is 0 Å². The number of hydrogen-bond donors (Lipinski definition) is 2. The molecule has 0 fully saturated rings. The van der Waals surface area contributed by atoms with Crippen LogP contribution in [-0.4, -0.2) is 6.54 Å². The second kappa shape index (κ2) is 8.01. The van der Waals surface area contributed by atoms with Crippen molar-refractivity contribution in [2.45, 2.75) is 25.3 Å². The van der Waals surface area contributed by atoms with Crippen molar-refractivity contribution in [2.75, 3.05) is 6.54 Å². The predicted molar refractivity (Wildman–Crippen MR) is 71.2 cm³/mol. The summed E-state index contributed by atoms with van der Waals surface area (Å²) in [4.78, 5) is 0. The summed E-state index contributed by atoms with van der Waals surface area (Å²) in [7, 11) is 0. The van der Waals surface area contributed by atoms with E-state index >= 15 is 0 Å². The molecule has 1 rings (SSSR count). The molecule has 2 nitrogen and oxygen atoms in total. The Morgan fingerprint density at radius 3 is 2.56 bits per heavy atom. The molecule has 1 atom stereocenters. The van der Waals surface area contributed by atoms with Crippen LogP contribution in [0.4, 0.5) is 4.39 Å². The van der Waals surface area contributed by atoms with Crippen molar-refractivity contribution in [3.8, 4) is 0 Å². The minimum absolute atomic E-state index is 0. The number of unbranched alkanes of at least 4 members (excludes halogenated alkanes) is 1. The van der Waals surface area contributed by atoms with Gasteiger partial charge in [-0.25, -0.2) is 4.39 Å². The molecule has 5 heteroatoms. The average Bonchev–Trinajstić information content (AvgIpc) is 2.18. The van der Waals surface area contributed by atoms with Crippen LogP contribution in [0.25, 0.3) is 0 Å². The second-order valence-electron chi connectivity index (χ2n) is 3.53. The standard InChI is InChI=1S/C11H16BrFN2.ClH/c12-8-4-3-5-9(13)11(8)10(15)6-1-2-7-14;/h3-5,10H,1-2,6-7,14-15H2;1H/t10-;/m0./s1. The van der Waals surface area contributed by atoms with Crippen LogP contribution in [0.1, 0.15) is 30.9 Å². The predicted octanol–water partition coefficient (Wildman–Crippen LogP) is 3.14. The molecule has 0 saturated carbocycles. The summed E-state index contributed by atoms with van der Waals surface area (Å²) in [5.41, 5.74) is 11.9. The lowest BCUT2D eigenvalue weighted by Gasteiger charge is -2.14. The minimum Gasteiger partial charge on any atom is -0.330 e. The van der Waals surface area contributed by atoms with Gasteiger partial charge in [0, 0.05) is 16.1 Å². The van der Waals surface area contributed by atoms with Crippen LogP contribution in [0, 0.1) is 5.82 Å². The number of benzene rings is 1. The maximum atomic E-state index is 13.5. The van der Waals surface area contributed by atoms with E-state index in [2.05, 4.69) is 15.9 Å². The zero-order chi connectivity index (χ0) is 11.3. The molecule has 0 bridgehead atoms. The van der Waals surface area contributed by atoms with E-state index in [0.717, 1.165) is 23.7 Å². The monoisotopic (exact) mass is 310 g/mol. The Hall–Kier alpha value is -0.160. The number of halogens is 3. The fourth-order valence-corrected chi connectivity index (χ4v) is 2.15. The van der Waals surface area contributed by atoms with Crippen molar-refractivity contribution in [3.63, 3.8) is 0 Å². The third kappa shape index (κ3) is 4.37. The van der Waals surface area contributed by atoms with Crippen molar-refractivity contribution in [3.05, 3.63) is 34.1 Å². The Labute approximate surface area is 110 Å². The molecular formula is C11H17BrClFN2. The van der Waals surface area contributed by atoms with Gasteiger partial charge in [-0.05, 0) is 31.5 Å². The first-order valence-corrected chi connectivity index (χ1v) is 5.85. The zero-order valence-electron chi connectivity index (χ0n) is 8.96. The molecular weight excluding hydrogens is 294 g/mol. The number of hydrogen-bond acceptors (Lipinski definition) is 2. The molecule has 0 aromatic heterocycles. The summed E-state index contributed by atoms with van der Waals surface area (Å²) in [6.07, 6.45) is 2.62. The highest BCUT2D eigenvalue weighted by Gasteiger charge is 2.14. The average molecular weight is 312 g/mol. The molecule has 0 aliphatic rings. The maximum Gasteiger partial charge on any atom is 0.129 e. The Kier molecular flexibility index (Phi) is 7.93. The van der Waals surface area contributed by atoms with Gasteiger partial charge in [-0.3, -0.25) is 0 Å². The van der Waals surface area contributed by atoms with E-state index in [1.54, 1.807) is 12.1 Å². The Bertz CT molecular complexity index is 303. The highest BCUT2D eigenvalue weighted by Crippen LogP contribution is 2.27. The molecule has 1 aromatic carbocycles. The van der Waals surface area contributed by atoms with Gasteiger partial charge < -0.3 is 11.5 Å². The fourth-order valence-electron chi connectivity index (χ4n) is 1.52. The smallest absolute Gasteiger partial charge is 0.129 e. The molecule has 4 N–H and O–H groups in total. The Morgan fingerprint density at radius 2 is 2.00 bits per heavy atom. The van der Waals surface area contributed by atoms with Gasteiger partial charge in [0.2, 0.25) is 0 Å². The highest BCUT2D eigenvalue weighted by molar-refractivity contribution is 9.10. The zero-order valence-corrected chi connectivity index (χ0v) is 11.4. The summed E-state index contributed by atoms with van der Waals surface area (Å²) in [5, 5.41) is 0. The van der Waals surface area contributed by atoms with Crippen molar-refractivity contribution in [1.29, 1.82) is 0 Å². The van der Waals surface area contributed by atoms with Gasteiger partial charge >= 0.3 is 0 Å².